The lowest BCUT2D eigenvalue weighted by atomic mass is 10.2. The number of nitrogens with one attached hydrogen (secondary N) is 2. The minimum atomic E-state index is -0.304. The van der Waals surface area contributed by atoms with Crippen LogP contribution >= 0.6 is 27.5 Å². The summed E-state index contributed by atoms with van der Waals surface area (Å²) >= 11 is 9.25. The predicted octanol–water partition coefficient (Wildman–Crippen LogP) is 3.63. The molecule has 2 N–H and O–H groups in total. The van der Waals surface area contributed by atoms with E-state index in [1.807, 2.05) is 41.9 Å². The summed E-state index contributed by atoms with van der Waals surface area (Å²) in [6.07, 6.45) is 1.53. The van der Waals surface area contributed by atoms with Gasteiger partial charge >= 0.3 is 0 Å². The van der Waals surface area contributed by atoms with Gasteiger partial charge in [0.05, 0.1) is 17.2 Å². The third-order valence-corrected chi connectivity index (χ3v) is 4.10. The van der Waals surface area contributed by atoms with Crippen LogP contribution in [0.3, 0.4) is 0 Å². The Labute approximate surface area is 146 Å². The number of carbonyl (C=O) groups excluding carboxylic acids is 1. The molecule has 1 amide bonds. The van der Waals surface area contributed by atoms with E-state index in [2.05, 4.69) is 36.5 Å². The van der Waals surface area contributed by atoms with Gasteiger partial charge in [-0.1, -0.05) is 23.7 Å². The van der Waals surface area contributed by atoms with Crippen LogP contribution in [-0.4, -0.2) is 25.9 Å². The molecule has 0 spiro atoms. The van der Waals surface area contributed by atoms with E-state index in [4.69, 9.17) is 11.6 Å². The second kappa shape index (κ2) is 6.55. The van der Waals surface area contributed by atoms with Crippen molar-refractivity contribution >= 4 is 39.3 Å². The molecule has 6 nitrogen and oxygen atoms in total. The third-order valence-electron chi connectivity index (χ3n) is 3.26. The lowest BCUT2D eigenvalue weighted by Crippen LogP contribution is -2.14. The number of hydrogen-bond donors (Lipinski definition) is 2. The lowest BCUT2D eigenvalue weighted by Gasteiger charge is -2.05. The van der Waals surface area contributed by atoms with E-state index in [9.17, 15) is 4.79 Å². The fourth-order valence-electron chi connectivity index (χ4n) is 2.15. The molecule has 0 radical (unpaired) electrons. The Morgan fingerprint density at radius 3 is 2.96 bits per heavy atom. The predicted molar refractivity (Wildman–Crippen MR) is 91.8 cm³/mol. The van der Waals surface area contributed by atoms with Crippen LogP contribution in [0.5, 0.6) is 0 Å². The van der Waals surface area contributed by atoms with Gasteiger partial charge in [-0.15, -0.1) is 0 Å². The van der Waals surface area contributed by atoms with Crippen molar-refractivity contribution in [2.75, 3.05) is 5.32 Å². The normalized spacial score (nSPS) is 10.7. The minimum absolute atomic E-state index is 0.304. The van der Waals surface area contributed by atoms with Gasteiger partial charge in [-0.3, -0.25) is 14.6 Å². The number of amides is 1. The average Bonchev–Trinajstić information content (AvgIpc) is 3.05. The summed E-state index contributed by atoms with van der Waals surface area (Å²) in [5.74, 6) is 0.179. The Bertz CT molecular complexity index is 857. The quantitative estimate of drug-likeness (QED) is 0.709. The van der Waals surface area contributed by atoms with Crippen LogP contribution in [0.25, 0.3) is 0 Å². The van der Waals surface area contributed by atoms with Crippen LogP contribution in [0.4, 0.5) is 5.82 Å². The number of hydrogen-bond acceptors (Lipinski definition) is 3. The van der Waals surface area contributed by atoms with Gasteiger partial charge in [0.1, 0.15) is 5.69 Å². The molecule has 0 aliphatic rings. The highest BCUT2D eigenvalue weighted by molar-refractivity contribution is 9.10. The number of halogens is 2. The van der Waals surface area contributed by atoms with E-state index in [0.717, 1.165) is 11.3 Å². The highest BCUT2D eigenvalue weighted by Crippen LogP contribution is 2.17. The second-order valence-electron chi connectivity index (χ2n) is 5.01. The number of H-pyrrole nitrogens is 1. The van der Waals surface area contributed by atoms with Crippen molar-refractivity contribution in [1.82, 2.24) is 20.0 Å². The molecule has 0 aliphatic heterocycles. The molecule has 0 bridgehead atoms. The van der Waals surface area contributed by atoms with Gasteiger partial charge in [-0.2, -0.15) is 10.2 Å². The fraction of sp³-hybridized carbons (Fsp3) is 0.133. The maximum absolute atomic E-state index is 12.1. The van der Waals surface area contributed by atoms with Crippen molar-refractivity contribution in [3.63, 3.8) is 0 Å². The number of nitrogens with zero attached hydrogens (tertiary/aromatic N) is 3. The zero-order valence-corrected chi connectivity index (χ0v) is 14.5. The molecule has 0 aliphatic carbocycles. The minimum Gasteiger partial charge on any atom is -0.304 e. The summed E-state index contributed by atoms with van der Waals surface area (Å²) in [5, 5.41) is 14.3. The van der Waals surface area contributed by atoms with Gasteiger partial charge in [0.2, 0.25) is 0 Å². The first-order chi connectivity index (χ1) is 11.0. The smallest absolute Gasteiger partial charge is 0.276 e. The summed E-state index contributed by atoms with van der Waals surface area (Å²) in [5.41, 5.74) is 2.33. The van der Waals surface area contributed by atoms with E-state index in [-0.39, 0.29) is 5.91 Å². The number of aromatic amines is 1. The monoisotopic (exact) mass is 393 g/mol. The first-order valence-corrected chi connectivity index (χ1v) is 7.99. The standard InChI is InChI=1S/C15H13BrClN5O/c1-9-5-13(19-15(23)14-12(16)7-18-20-14)21-22(9)8-10-3-2-4-11(17)6-10/h2-7H,8H2,1H3,(H,18,20)(H,19,21,23). The Morgan fingerprint density at radius 2 is 2.26 bits per heavy atom. The molecule has 23 heavy (non-hydrogen) atoms. The van der Waals surface area contributed by atoms with Crippen LogP contribution in [0.1, 0.15) is 21.7 Å². The van der Waals surface area contributed by atoms with E-state index >= 15 is 0 Å². The maximum atomic E-state index is 12.1. The van der Waals surface area contributed by atoms with Crippen molar-refractivity contribution in [3.05, 3.63) is 63.0 Å². The average molecular weight is 395 g/mol. The zero-order valence-electron chi connectivity index (χ0n) is 12.2. The summed E-state index contributed by atoms with van der Waals surface area (Å²) < 4.78 is 2.41. The molecular formula is C15H13BrClN5O. The first-order valence-electron chi connectivity index (χ1n) is 6.82. The molecule has 8 heteroatoms. The molecule has 1 aromatic carbocycles. The van der Waals surface area contributed by atoms with Gasteiger partial charge in [0.15, 0.2) is 5.82 Å². The second-order valence-corrected chi connectivity index (χ2v) is 6.30. The van der Waals surface area contributed by atoms with Crippen LogP contribution in [0.2, 0.25) is 5.02 Å². The molecule has 118 valence electrons. The van der Waals surface area contributed by atoms with Gasteiger partial charge in [-0.05, 0) is 40.5 Å². The van der Waals surface area contributed by atoms with Crippen molar-refractivity contribution in [1.29, 1.82) is 0 Å². The molecule has 0 saturated heterocycles. The van der Waals surface area contributed by atoms with Crippen molar-refractivity contribution in [2.45, 2.75) is 13.5 Å². The van der Waals surface area contributed by atoms with E-state index in [1.165, 1.54) is 6.20 Å². The molecule has 0 atom stereocenters. The summed E-state index contributed by atoms with van der Waals surface area (Å²) in [6.45, 7) is 2.51. The van der Waals surface area contributed by atoms with Crippen molar-refractivity contribution < 1.29 is 4.79 Å². The number of benzene rings is 1. The Kier molecular flexibility index (Phi) is 4.49. The first kappa shape index (κ1) is 15.8. The van der Waals surface area contributed by atoms with Crippen LogP contribution < -0.4 is 5.32 Å². The Morgan fingerprint density at radius 1 is 1.43 bits per heavy atom. The van der Waals surface area contributed by atoms with E-state index in [1.54, 1.807) is 0 Å². The fourth-order valence-corrected chi connectivity index (χ4v) is 2.73. The Balaban J connectivity index is 1.76. The van der Waals surface area contributed by atoms with Crippen molar-refractivity contribution in [3.8, 4) is 0 Å². The van der Waals surface area contributed by atoms with Crippen LogP contribution in [0, 0.1) is 6.92 Å². The lowest BCUT2D eigenvalue weighted by molar-refractivity contribution is 0.102. The maximum Gasteiger partial charge on any atom is 0.276 e. The van der Waals surface area contributed by atoms with E-state index in [0.29, 0.717) is 27.6 Å². The molecule has 2 aromatic heterocycles. The van der Waals surface area contributed by atoms with Gasteiger partial charge in [-0.25, -0.2) is 0 Å². The zero-order chi connectivity index (χ0) is 16.4. The summed E-state index contributed by atoms with van der Waals surface area (Å²) in [7, 11) is 0. The topological polar surface area (TPSA) is 75.6 Å². The highest BCUT2D eigenvalue weighted by atomic mass is 79.9. The van der Waals surface area contributed by atoms with Crippen LogP contribution in [0.15, 0.2) is 41.0 Å². The number of aromatic nitrogens is 4. The molecule has 0 saturated carbocycles. The SMILES string of the molecule is Cc1cc(NC(=O)c2[nH]ncc2Br)nn1Cc1cccc(Cl)c1. The Hall–Kier alpha value is -2.12. The number of anilines is 1. The molecule has 3 rings (SSSR count). The van der Waals surface area contributed by atoms with Gasteiger partial charge < -0.3 is 5.32 Å². The summed E-state index contributed by atoms with van der Waals surface area (Å²) in [6, 6.07) is 9.41. The highest BCUT2D eigenvalue weighted by Gasteiger charge is 2.14. The van der Waals surface area contributed by atoms with Gasteiger partial charge in [0.25, 0.3) is 5.91 Å². The molecule has 0 fully saturated rings. The molecule has 2 heterocycles. The van der Waals surface area contributed by atoms with E-state index < -0.39 is 0 Å². The van der Waals surface area contributed by atoms with Crippen LogP contribution in [-0.2, 0) is 6.54 Å². The third kappa shape index (κ3) is 3.62. The van der Waals surface area contributed by atoms with Gasteiger partial charge in [0, 0.05) is 16.8 Å². The number of aryl methyl sites for hydroxylation is 1. The molecular weight excluding hydrogens is 382 g/mol. The molecule has 0 unspecified atom stereocenters. The number of carbonyl (C=O) groups is 1. The largest absolute Gasteiger partial charge is 0.304 e. The molecule has 3 aromatic rings. The number of rotatable bonds is 4. The summed E-state index contributed by atoms with van der Waals surface area (Å²) in [4.78, 5) is 12.1. The van der Waals surface area contributed by atoms with Crippen molar-refractivity contribution in [2.24, 2.45) is 0 Å².